The van der Waals surface area contributed by atoms with E-state index in [2.05, 4.69) is 48.5 Å². The minimum absolute atomic E-state index is 0.610. The van der Waals surface area contributed by atoms with Crippen LogP contribution < -0.4 is 0 Å². The van der Waals surface area contributed by atoms with Gasteiger partial charge >= 0.3 is 0 Å². The van der Waals surface area contributed by atoms with Crippen LogP contribution in [0.4, 0.5) is 0 Å². The van der Waals surface area contributed by atoms with E-state index >= 15 is 0 Å². The number of rotatable bonds is 4. The third-order valence-corrected chi connectivity index (χ3v) is 3.94. The highest BCUT2D eigenvalue weighted by atomic mass is 32.1. The van der Waals surface area contributed by atoms with Crippen molar-refractivity contribution in [2.45, 2.75) is 33.1 Å². The van der Waals surface area contributed by atoms with Crippen LogP contribution in [0.15, 0.2) is 23.6 Å². The van der Waals surface area contributed by atoms with E-state index in [1.54, 1.807) is 11.3 Å². The molecule has 92 valence electrons. The van der Waals surface area contributed by atoms with Gasteiger partial charge in [-0.15, -0.1) is 11.3 Å². The highest BCUT2D eigenvalue weighted by molar-refractivity contribution is 7.09. The van der Waals surface area contributed by atoms with E-state index in [0.29, 0.717) is 6.42 Å². The summed E-state index contributed by atoms with van der Waals surface area (Å²) in [7, 11) is 0. The van der Waals surface area contributed by atoms with Gasteiger partial charge in [-0.2, -0.15) is 5.26 Å². The van der Waals surface area contributed by atoms with Crippen molar-refractivity contribution in [2.75, 3.05) is 0 Å². The predicted molar refractivity (Wildman–Crippen MR) is 75.6 cm³/mol. The fraction of sp³-hybridized carbons (Fsp3) is 0.333. The maximum Gasteiger partial charge on any atom is 0.0932 e. The zero-order valence-electron chi connectivity index (χ0n) is 10.7. The number of nitrogens with zero attached hydrogens (tertiary/aromatic N) is 2. The molecule has 0 amide bonds. The van der Waals surface area contributed by atoms with E-state index in [-0.39, 0.29) is 0 Å². The first-order valence-corrected chi connectivity index (χ1v) is 6.97. The summed E-state index contributed by atoms with van der Waals surface area (Å²) >= 11 is 1.68. The Hall–Kier alpha value is -1.66. The Morgan fingerprint density at radius 2 is 2.11 bits per heavy atom. The topological polar surface area (TPSA) is 36.7 Å². The Labute approximate surface area is 112 Å². The van der Waals surface area contributed by atoms with Crippen LogP contribution in [0.2, 0.25) is 0 Å². The second-order valence-electron chi connectivity index (χ2n) is 4.44. The van der Waals surface area contributed by atoms with Crippen molar-refractivity contribution in [2.24, 2.45) is 0 Å². The molecule has 2 aromatic rings. The number of aromatic nitrogens is 1. The standard InChI is InChI=1S/C15H16N2S/c1-11-6-7-13(9-12(11)2)14-10-18-15(17-14)5-3-4-8-16/h6-7,9-10H,3-5H2,1-2H3. The molecule has 0 unspecified atom stereocenters. The van der Waals surface area contributed by atoms with Crippen molar-refractivity contribution < 1.29 is 0 Å². The molecule has 2 rings (SSSR count). The summed E-state index contributed by atoms with van der Waals surface area (Å²) in [5.74, 6) is 0. The molecule has 0 aliphatic heterocycles. The molecule has 0 aliphatic carbocycles. The Morgan fingerprint density at radius 3 is 2.83 bits per heavy atom. The molecule has 3 heteroatoms. The zero-order valence-corrected chi connectivity index (χ0v) is 11.5. The van der Waals surface area contributed by atoms with Gasteiger partial charge in [0, 0.05) is 23.8 Å². The van der Waals surface area contributed by atoms with Crippen LogP contribution in [0, 0.1) is 25.2 Å². The summed E-state index contributed by atoms with van der Waals surface area (Å²) in [5, 5.41) is 11.7. The van der Waals surface area contributed by atoms with Crippen molar-refractivity contribution in [3.8, 4) is 17.3 Å². The number of hydrogen-bond donors (Lipinski definition) is 0. The van der Waals surface area contributed by atoms with Gasteiger partial charge in [-0.05, 0) is 37.5 Å². The lowest BCUT2D eigenvalue weighted by atomic mass is 10.1. The minimum Gasteiger partial charge on any atom is -0.241 e. The molecular formula is C15H16N2S. The lowest BCUT2D eigenvalue weighted by Crippen LogP contribution is -1.86. The molecule has 1 heterocycles. The molecule has 0 bridgehead atoms. The predicted octanol–water partition coefficient (Wildman–Crippen LogP) is 4.27. The molecule has 18 heavy (non-hydrogen) atoms. The van der Waals surface area contributed by atoms with Crippen LogP contribution in [0.3, 0.4) is 0 Å². The van der Waals surface area contributed by atoms with Gasteiger partial charge in [0.15, 0.2) is 0 Å². The molecule has 0 radical (unpaired) electrons. The minimum atomic E-state index is 0.610. The largest absolute Gasteiger partial charge is 0.241 e. The normalized spacial score (nSPS) is 10.3. The Balaban J connectivity index is 2.14. The van der Waals surface area contributed by atoms with Crippen molar-refractivity contribution in [1.82, 2.24) is 4.98 Å². The van der Waals surface area contributed by atoms with Gasteiger partial charge in [-0.1, -0.05) is 12.1 Å². The Bertz CT molecular complexity index is 578. The van der Waals surface area contributed by atoms with E-state index in [1.165, 1.54) is 16.7 Å². The highest BCUT2D eigenvalue weighted by Crippen LogP contribution is 2.24. The van der Waals surface area contributed by atoms with Gasteiger partial charge in [0.05, 0.1) is 16.8 Å². The molecule has 0 N–H and O–H groups in total. The summed E-state index contributed by atoms with van der Waals surface area (Å²) in [6, 6.07) is 8.61. The average molecular weight is 256 g/mol. The number of unbranched alkanes of at least 4 members (excludes halogenated alkanes) is 1. The van der Waals surface area contributed by atoms with Crippen LogP contribution in [-0.4, -0.2) is 4.98 Å². The van der Waals surface area contributed by atoms with Gasteiger partial charge in [-0.25, -0.2) is 4.98 Å². The molecular weight excluding hydrogens is 240 g/mol. The Kier molecular flexibility index (Phi) is 4.11. The van der Waals surface area contributed by atoms with Crippen molar-refractivity contribution in [1.29, 1.82) is 5.26 Å². The van der Waals surface area contributed by atoms with Gasteiger partial charge in [0.2, 0.25) is 0 Å². The van der Waals surface area contributed by atoms with E-state index < -0.39 is 0 Å². The monoisotopic (exact) mass is 256 g/mol. The molecule has 1 aromatic heterocycles. The first-order chi connectivity index (χ1) is 8.70. The summed E-state index contributed by atoms with van der Waals surface area (Å²) < 4.78 is 0. The zero-order chi connectivity index (χ0) is 13.0. The second-order valence-corrected chi connectivity index (χ2v) is 5.38. The van der Waals surface area contributed by atoms with E-state index in [0.717, 1.165) is 23.5 Å². The highest BCUT2D eigenvalue weighted by Gasteiger charge is 2.05. The van der Waals surface area contributed by atoms with Crippen LogP contribution in [0.5, 0.6) is 0 Å². The lowest BCUT2D eigenvalue weighted by Gasteiger charge is -2.02. The smallest absolute Gasteiger partial charge is 0.0932 e. The van der Waals surface area contributed by atoms with Crippen molar-refractivity contribution >= 4 is 11.3 Å². The molecule has 0 saturated heterocycles. The molecule has 0 spiro atoms. The van der Waals surface area contributed by atoms with Gasteiger partial charge in [0.1, 0.15) is 0 Å². The maximum absolute atomic E-state index is 8.52. The fourth-order valence-electron chi connectivity index (χ4n) is 1.78. The third-order valence-electron chi connectivity index (χ3n) is 3.03. The van der Waals surface area contributed by atoms with Gasteiger partial charge in [0.25, 0.3) is 0 Å². The summed E-state index contributed by atoms with van der Waals surface area (Å²) in [6.45, 7) is 4.24. The molecule has 0 aliphatic rings. The summed E-state index contributed by atoms with van der Waals surface area (Å²) in [6.07, 6.45) is 2.41. The summed E-state index contributed by atoms with van der Waals surface area (Å²) in [5.41, 5.74) is 4.84. The van der Waals surface area contributed by atoms with Crippen LogP contribution in [-0.2, 0) is 6.42 Å². The Morgan fingerprint density at radius 1 is 1.28 bits per heavy atom. The number of hydrogen-bond acceptors (Lipinski definition) is 3. The number of nitriles is 1. The van der Waals surface area contributed by atoms with E-state index in [1.807, 2.05) is 0 Å². The molecule has 2 nitrogen and oxygen atoms in total. The molecule has 1 aromatic carbocycles. The van der Waals surface area contributed by atoms with Crippen LogP contribution >= 0.6 is 11.3 Å². The first kappa shape index (κ1) is 12.8. The first-order valence-electron chi connectivity index (χ1n) is 6.09. The molecule has 0 atom stereocenters. The maximum atomic E-state index is 8.52. The van der Waals surface area contributed by atoms with Crippen molar-refractivity contribution in [3.63, 3.8) is 0 Å². The number of thiazole rings is 1. The number of aryl methyl sites for hydroxylation is 3. The van der Waals surface area contributed by atoms with E-state index in [4.69, 9.17) is 5.26 Å². The molecule has 0 fully saturated rings. The lowest BCUT2D eigenvalue weighted by molar-refractivity contribution is 0.843. The second kappa shape index (κ2) is 5.79. The van der Waals surface area contributed by atoms with Crippen LogP contribution in [0.1, 0.15) is 29.0 Å². The SMILES string of the molecule is Cc1ccc(-c2csc(CCCC#N)n2)cc1C. The fourth-order valence-corrected chi connectivity index (χ4v) is 2.63. The van der Waals surface area contributed by atoms with Gasteiger partial charge < -0.3 is 0 Å². The van der Waals surface area contributed by atoms with E-state index in [9.17, 15) is 0 Å². The van der Waals surface area contributed by atoms with Crippen molar-refractivity contribution in [3.05, 3.63) is 39.7 Å². The number of benzene rings is 1. The summed E-state index contributed by atoms with van der Waals surface area (Å²) in [4.78, 5) is 4.63. The average Bonchev–Trinajstić information content (AvgIpc) is 2.82. The third kappa shape index (κ3) is 2.96. The quantitative estimate of drug-likeness (QED) is 0.766. The molecule has 0 saturated carbocycles. The van der Waals surface area contributed by atoms with Crippen LogP contribution in [0.25, 0.3) is 11.3 Å². The van der Waals surface area contributed by atoms with Gasteiger partial charge in [-0.3, -0.25) is 0 Å².